The summed E-state index contributed by atoms with van der Waals surface area (Å²) in [7, 11) is -3.64. The summed E-state index contributed by atoms with van der Waals surface area (Å²) in [5.41, 5.74) is 1.31. The summed E-state index contributed by atoms with van der Waals surface area (Å²) in [6, 6.07) is 11.1. The molecule has 0 aliphatic carbocycles. The average molecular weight is 360 g/mol. The van der Waals surface area contributed by atoms with Crippen molar-refractivity contribution in [2.75, 3.05) is 5.75 Å². The van der Waals surface area contributed by atoms with E-state index < -0.39 is 21.6 Å². The maximum absolute atomic E-state index is 12.5. The highest BCUT2D eigenvalue weighted by Gasteiger charge is 2.28. The van der Waals surface area contributed by atoms with Crippen LogP contribution in [0.4, 0.5) is 0 Å². The van der Waals surface area contributed by atoms with Gasteiger partial charge < -0.3 is 4.42 Å². The summed E-state index contributed by atoms with van der Waals surface area (Å²) < 4.78 is 30.2. The fourth-order valence-electron chi connectivity index (χ4n) is 2.59. The molecule has 0 spiro atoms. The predicted molar refractivity (Wildman–Crippen MR) is 90.4 cm³/mol. The topological polar surface area (TPSA) is 101 Å². The first kappa shape index (κ1) is 17.1. The maximum Gasteiger partial charge on any atom is 0.233 e. The molecule has 1 atom stereocenters. The van der Waals surface area contributed by atoms with Crippen molar-refractivity contribution in [1.82, 2.24) is 10.0 Å². The Morgan fingerprint density at radius 2 is 2.04 bits per heavy atom. The fourth-order valence-corrected chi connectivity index (χ4v) is 4.17. The molecule has 0 aliphatic rings. The van der Waals surface area contributed by atoms with Crippen molar-refractivity contribution in [3.63, 3.8) is 0 Å². The Morgan fingerprint density at radius 1 is 1.24 bits per heavy atom. The molecule has 1 amide bonds. The molecule has 2 heterocycles. The first-order chi connectivity index (χ1) is 12.0. The number of hydrogen-bond acceptors (Lipinski definition) is 6. The van der Waals surface area contributed by atoms with Gasteiger partial charge in [0.1, 0.15) is 11.8 Å². The maximum atomic E-state index is 12.5. The molecular weight excluding hydrogens is 344 g/mol. The summed E-state index contributed by atoms with van der Waals surface area (Å²) in [5, 5.41) is 10.8. The Balaban J connectivity index is 1.83. The largest absolute Gasteiger partial charge is 0.467 e. The van der Waals surface area contributed by atoms with Gasteiger partial charge in [0.2, 0.25) is 6.41 Å². The van der Waals surface area contributed by atoms with Gasteiger partial charge in [-0.15, -0.1) is 0 Å². The van der Waals surface area contributed by atoms with Gasteiger partial charge in [-0.3, -0.25) is 15.0 Å². The smallest absolute Gasteiger partial charge is 0.233 e. The van der Waals surface area contributed by atoms with Gasteiger partial charge in [0, 0.05) is 11.6 Å². The van der Waals surface area contributed by atoms with E-state index in [0.29, 0.717) is 10.6 Å². The normalized spacial score (nSPS) is 12.8. The summed E-state index contributed by atoms with van der Waals surface area (Å²) in [4.78, 5) is 15.1. The van der Waals surface area contributed by atoms with Gasteiger partial charge in [-0.1, -0.05) is 18.2 Å². The molecule has 0 unspecified atom stereocenters. The van der Waals surface area contributed by atoms with Crippen LogP contribution >= 0.6 is 0 Å². The number of carbonyl (C=O) groups is 1. The lowest BCUT2D eigenvalue weighted by atomic mass is 10.2. The molecule has 3 aromatic rings. The standard InChI is InChI=1S/C17H16N2O5S/c20-12-19(21)16(17-6-3-7-24-17)11-25(22,23)10-13-8-14-4-1-2-5-15(14)18-9-13/h1-9,12,16,21H,10-11H2/t16-/m0/s1. The number of sulfone groups is 1. The minimum absolute atomic E-state index is 0.153. The van der Waals surface area contributed by atoms with Crippen LogP contribution < -0.4 is 0 Å². The predicted octanol–water partition coefficient (Wildman–Crippen LogP) is 2.33. The second kappa shape index (κ2) is 7.04. The molecule has 0 aliphatic heterocycles. The highest BCUT2D eigenvalue weighted by molar-refractivity contribution is 7.90. The molecule has 25 heavy (non-hydrogen) atoms. The number of aromatic nitrogens is 1. The first-order valence-electron chi connectivity index (χ1n) is 7.48. The van der Waals surface area contributed by atoms with Crippen LogP contribution in [-0.4, -0.2) is 35.8 Å². The Kier molecular flexibility index (Phi) is 4.82. The van der Waals surface area contributed by atoms with Crippen LogP contribution in [0, 0.1) is 0 Å². The monoisotopic (exact) mass is 360 g/mol. The molecular formula is C17H16N2O5S. The number of pyridine rings is 1. The van der Waals surface area contributed by atoms with Crippen LogP contribution in [-0.2, 0) is 20.4 Å². The minimum Gasteiger partial charge on any atom is -0.467 e. The van der Waals surface area contributed by atoms with Gasteiger partial charge >= 0.3 is 0 Å². The van der Waals surface area contributed by atoms with Crippen LogP contribution in [0.1, 0.15) is 17.4 Å². The molecule has 8 heteroatoms. The number of amides is 1. The second-order valence-corrected chi connectivity index (χ2v) is 7.72. The Morgan fingerprint density at radius 3 is 2.76 bits per heavy atom. The highest BCUT2D eigenvalue weighted by atomic mass is 32.2. The number of furan rings is 1. The quantitative estimate of drug-likeness (QED) is 0.394. The number of hydrogen-bond donors (Lipinski definition) is 1. The summed E-state index contributed by atoms with van der Waals surface area (Å²) in [6.07, 6.45) is 3.01. The number of benzene rings is 1. The van der Waals surface area contributed by atoms with Crippen molar-refractivity contribution in [2.24, 2.45) is 0 Å². The first-order valence-corrected chi connectivity index (χ1v) is 9.30. The zero-order valence-electron chi connectivity index (χ0n) is 13.1. The van der Waals surface area contributed by atoms with Crippen molar-refractivity contribution in [3.05, 3.63) is 66.2 Å². The number of carbonyl (C=O) groups excluding carboxylic acids is 1. The number of rotatable bonds is 7. The van der Waals surface area contributed by atoms with Gasteiger partial charge in [0.15, 0.2) is 9.84 Å². The van der Waals surface area contributed by atoms with Gasteiger partial charge in [-0.05, 0) is 29.8 Å². The molecule has 7 nitrogen and oxygen atoms in total. The number of fused-ring (bicyclic) bond motifs is 1. The van der Waals surface area contributed by atoms with Gasteiger partial charge in [0.05, 0.1) is 23.3 Å². The third-order valence-electron chi connectivity index (χ3n) is 3.74. The van der Waals surface area contributed by atoms with Crippen LogP contribution in [0.3, 0.4) is 0 Å². The van der Waals surface area contributed by atoms with Crippen LogP contribution in [0.15, 0.2) is 59.3 Å². The van der Waals surface area contributed by atoms with Crippen molar-refractivity contribution >= 4 is 27.2 Å². The van der Waals surface area contributed by atoms with Crippen LogP contribution in [0.2, 0.25) is 0 Å². The van der Waals surface area contributed by atoms with Gasteiger partial charge in [-0.25, -0.2) is 13.5 Å². The molecule has 3 rings (SSSR count). The molecule has 0 radical (unpaired) electrons. The minimum atomic E-state index is -3.64. The molecule has 0 bridgehead atoms. The van der Waals surface area contributed by atoms with Crippen molar-refractivity contribution in [3.8, 4) is 0 Å². The molecule has 0 fully saturated rings. The molecule has 0 saturated heterocycles. The molecule has 1 aromatic carbocycles. The summed E-state index contributed by atoms with van der Waals surface area (Å²) in [6.45, 7) is 0. The van der Waals surface area contributed by atoms with E-state index in [9.17, 15) is 18.4 Å². The molecule has 0 saturated carbocycles. The zero-order chi connectivity index (χ0) is 17.9. The fraction of sp³-hybridized carbons (Fsp3) is 0.176. The lowest BCUT2D eigenvalue weighted by molar-refractivity contribution is -0.160. The third kappa shape index (κ3) is 4.04. The van der Waals surface area contributed by atoms with E-state index in [4.69, 9.17) is 4.42 Å². The number of para-hydroxylation sites is 1. The molecule has 130 valence electrons. The van der Waals surface area contributed by atoms with E-state index in [-0.39, 0.29) is 17.9 Å². The van der Waals surface area contributed by atoms with E-state index in [1.54, 1.807) is 12.1 Å². The van der Waals surface area contributed by atoms with E-state index in [1.807, 2.05) is 24.3 Å². The van der Waals surface area contributed by atoms with Crippen LogP contribution in [0.25, 0.3) is 10.9 Å². The van der Waals surface area contributed by atoms with E-state index in [0.717, 1.165) is 10.9 Å². The van der Waals surface area contributed by atoms with Gasteiger partial charge in [0.25, 0.3) is 0 Å². The van der Waals surface area contributed by atoms with Crippen molar-refractivity contribution in [2.45, 2.75) is 11.8 Å². The Hall–Kier alpha value is -2.71. The lowest BCUT2D eigenvalue weighted by Crippen LogP contribution is -2.30. The second-order valence-electron chi connectivity index (χ2n) is 5.61. The summed E-state index contributed by atoms with van der Waals surface area (Å²) in [5.74, 6) is -0.535. The van der Waals surface area contributed by atoms with Crippen molar-refractivity contribution in [1.29, 1.82) is 0 Å². The average Bonchev–Trinajstić information content (AvgIpc) is 3.13. The summed E-state index contributed by atoms with van der Waals surface area (Å²) >= 11 is 0. The number of nitrogens with zero attached hydrogens (tertiary/aromatic N) is 2. The Bertz CT molecular complexity index is 970. The highest BCUT2D eigenvalue weighted by Crippen LogP contribution is 2.23. The van der Waals surface area contributed by atoms with Crippen molar-refractivity contribution < 1.29 is 22.8 Å². The Labute approximate surface area is 144 Å². The van der Waals surface area contributed by atoms with E-state index in [2.05, 4.69) is 4.98 Å². The van der Waals surface area contributed by atoms with Gasteiger partial charge in [-0.2, -0.15) is 0 Å². The number of hydroxylamine groups is 2. The van der Waals surface area contributed by atoms with E-state index in [1.165, 1.54) is 18.5 Å². The SMILES string of the molecule is O=CN(O)[C@@H](CS(=O)(=O)Cc1cnc2ccccc2c1)c1ccco1. The molecule has 2 aromatic heterocycles. The molecule has 1 N–H and O–H groups in total. The van der Waals surface area contributed by atoms with E-state index >= 15 is 0 Å². The van der Waals surface area contributed by atoms with Crippen LogP contribution in [0.5, 0.6) is 0 Å². The lowest BCUT2D eigenvalue weighted by Gasteiger charge is -2.20. The third-order valence-corrected chi connectivity index (χ3v) is 5.34. The zero-order valence-corrected chi connectivity index (χ0v) is 14.0.